The molecule has 1 aliphatic carbocycles. The lowest BCUT2D eigenvalue weighted by atomic mass is 10.2. The second kappa shape index (κ2) is 5.33. The van der Waals surface area contributed by atoms with Crippen LogP contribution in [0.25, 0.3) is 0 Å². The van der Waals surface area contributed by atoms with Crippen molar-refractivity contribution in [1.29, 1.82) is 0 Å². The Morgan fingerprint density at radius 1 is 1.44 bits per heavy atom. The lowest BCUT2D eigenvalue weighted by Crippen LogP contribution is -2.37. The molecule has 1 N–H and O–H groups in total. The third kappa shape index (κ3) is 3.42. The van der Waals surface area contributed by atoms with E-state index in [0.29, 0.717) is 5.92 Å². The normalized spacial score (nSPS) is 16.2. The highest BCUT2D eigenvalue weighted by Gasteiger charge is 2.28. The van der Waals surface area contributed by atoms with Crippen molar-refractivity contribution in [3.8, 4) is 5.75 Å². The largest absolute Gasteiger partial charge is 0.484 e. The molecular weight excluding hydrogens is 240 g/mol. The Hall–Kier alpha value is -1.65. The van der Waals surface area contributed by atoms with Crippen molar-refractivity contribution in [2.45, 2.75) is 25.8 Å². The Labute approximate surface area is 104 Å². The van der Waals surface area contributed by atoms with Gasteiger partial charge in [-0.1, -0.05) is 0 Å². The molecule has 1 fully saturated rings. The van der Waals surface area contributed by atoms with Crippen molar-refractivity contribution < 1.29 is 18.3 Å². The van der Waals surface area contributed by atoms with E-state index in [1.54, 1.807) is 0 Å². The van der Waals surface area contributed by atoms with Crippen molar-refractivity contribution in [3.63, 3.8) is 0 Å². The van der Waals surface area contributed by atoms with Crippen LogP contribution in [0.3, 0.4) is 0 Å². The van der Waals surface area contributed by atoms with Gasteiger partial charge in [0.25, 0.3) is 5.91 Å². The average Bonchev–Trinajstić information content (AvgIpc) is 3.14. The summed E-state index contributed by atoms with van der Waals surface area (Å²) in [5.74, 6) is -1.46. The predicted molar refractivity (Wildman–Crippen MR) is 62.2 cm³/mol. The smallest absolute Gasteiger partial charge is 0.258 e. The summed E-state index contributed by atoms with van der Waals surface area (Å²) in [4.78, 5) is 11.5. The van der Waals surface area contributed by atoms with Gasteiger partial charge in [-0.2, -0.15) is 0 Å². The first-order chi connectivity index (χ1) is 8.56. The van der Waals surface area contributed by atoms with Crippen molar-refractivity contribution in [2.24, 2.45) is 5.92 Å². The van der Waals surface area contributed by atoms with E-state index >= 15 is 0 Å². The third-order valence-electron chi connectivity index (χ3n) is 2.98. The Kier molecular flexibility index (Phi) is 3.79. The first-order valence-corrected chi connectivity index (χ1v) is 5.93. The summed E-state index contributed by atoms with van der Waals surface area (Å²) < 4.78 is 30.6. The molecular formula is C13H15F2NO2. The van der Waals surface area contributed by atoms with Crippen LogP contribution in [0.1, 0.15) is 19.8 Å². The summed E-state index contributed by atoms with van der Waals surface area (Å²) in [6, 6.07) is 3.32. The van der Waals surface area contributed by atoms with Gasteiger partial charge in [-0.15, -0.1) is 0 Å². The number of carbonyl (C=O) groups excluding carboxylic acids is 1. The summed E-state index contributed by atoms with van der Waals surface area (Å²) >= 11 is 0. The summed E-state index contributed by atoms with van der Waals surface area (Å²) in [5.41, 5.74) is 0. The van der Waals surface area contributed by atoms with Gasteiger partial charge in [0.05, 0.1) is 0 Å². The number of hydrogen-bond donors (Lipinski definition) is 1. The number of benzene rings is 1. The second-order valence-electron chi connectivity index (χ2n) is 4.56. The monoisotopic (exact) mass is 255 g/mol. The van der Waals surface area contributed by atoms with Crippen LogP contribution < -0.4 is 10.1 Å². The highest BCUT2D eigenvalue weighted by Crippen LogP contribution is 2.32. The first-order valence-electron chi connectivity index (χ1n) is 5.93. The van der Waals surface area contributed by atoms with Gasteiger partial charge in [-0.3, -0.25) is 4.79 Å². The summed E-state index contributed by atoms with van der Waals surface area (Å²) in [6.45, 7) is 1.76. The fourth-order valence-corrected chi connectivity index (χ4v) is 1.73. The molecule has 1 aromatic rings. The number of hydrogen-bond acceptors (Lipinski definition) is 2. The molecule has 1 unspecified atom stereocenters. The fourth-order valence-electron chi connectivity index (χ4n) is 1.73. The number of ether oxygens (including phenoxy) is 1. The molecule has 98 valence electrons. The van der Waals surface area contributed by atoms with Gasteiger partial charge in [0.1, 0.15) is 5.75 Å². The van der Waals surface area contributed by atoms with Crippen molar-refractivity contribution in [3.05, 3.63) is 29.8 Å². The van der Waals surface area contributed by atoms with E-state index in [0.717, 1.165) is 25.0 Å². The van der Waals surface area contributed by atoms with Gasteiger partial charge >= 0.3 is 0 Å². The minimum Gasteiger partial charge on any atom is -0.484 e. The van der Waals surface area contributed by atoms with Crippen molar-refractivity contribution in [1.82, 2.24) is 5.32 Å². The average molecular weight is 255 g/mol. The molecule has 1 aromatic carbocycles. The summed E-state index contributed by atoms with van der Waals surface area (Å²) in [6.07, 6.45) is 2.29. The molecule has 2 rings (SSSR count). The number of halogens is 2. The van der Waals surface area contributed by atoms with Crippen molar-refractivity contribution in [2.75, 3.05) is 6.61 Å². The van der Waals surface area contributed by atoms with Crippen LogP contribution in [0.2, 0.25) is 0 Å². The standard InChI is InChI=1S/C13H15F2NO2/c1-8(9-2-3-9)16-13(17)7-18-10-4-5-11(14)12(15)6-10/h4-6,8-9H,2-3,7H2,1H3,(H,16,17). The molecule has 0 saturated heterocycles. The maximum atomic E-state index is 12.9. The summed E-state index contributed by atoms with van der Waals surface area (Å²) in [5, 5.41) is 2.81. The van der Waals surface area contributed by atoms with Gasteiger partial charge in [0, 0.05) is 12.1 Å². The van der Waals surface area contributed by atoms with Crippen LogP contribution in [0.5, 0.6) is 5.75 Å². The predicted octanol–water partition coefficient (Wildman–Crippen LogP) is 2.26. The number of rotatable bonds is 5. The van der Waals surface area contributed by atoms with Gasteiger partial charge in [-0.25, -0.2) is 8.78 Å². The van der Waals surface area contributed by atoms with Gasteiger partial charge in [0.2, 0.25) is 0 Å². The second-order valence-corrected chi connectivity index (χ2v) is 4.56. The van der Waals surface area contributed by atoms with Crippen LogP contribution in [0, 0.1) is 17.6 Å². The van der Waals surface area contributed by atoms with E-state index in [2.05, 4.69) is 5.32 Å². The zero-order chi connectivity index (χ0) is 13.1. The summed E-state index contributed by atoms with van der Waals surface area (Å²) in [7, 11) is 0. The van der Waals surface area contributed by atoms with Crippen molar-refractivity contribution >= 4 is 5.91 Å². The van der Waals surface area contributed by atoms with Crippen LogP contribution in [0.15, 0.2) is 18.2 Å². The molecule has 18 heavy (non-hydrogen) atoms. The molecule has 0 spiro atoms. The minimum atomic E-state index is -0.987. The number of carbonyl (C=O) groups is 1. The van der Waals surface area contributed by atoms with Crippen LogP contribution in [-0.2, 0) is 4.79 Å². The molecule has 0 aromatic heterocycles. The molecule has 1 amide bonds. The Bertz CT molecular complexity index is 447. The van der Waals surface area contributed by atoms with E-state index < -0.39 is 11.6 Å². The van der Waals surface area contributed by atoms with E-state index in [1.165, 1.54) is 6.07 Å². The van der Waals surface area contributed by atoms with Gasteiger partial charge in [0.15, 0.2) is 18.2 Å². The van der Waals surface area contributed by atoms with E-state index in [4.69, 9.17) is 4.74 Å². The lowest BCUT2D eigenvalue weighted by Gasteiger charge is -2.13. The highest BCUT2D eigenvalue weighted by atomic mass is 19.2. The Balaban J connectivity index is 1.79. The molecule has 5 heteroatoms. The molecule has 0 radical (unpaired) electrons. The van der Waals surface area contributed by atoms with E-state index in [-0.39, 0.29) is 24.3 Å². The zero-order valence-corrected chi connectivity index (χ0v) is 10.1. The van der Waals surface area contributed by atoms with Crippen LogP contribution in [-0.4, -0.2) is 18.6 Å². The Morgan fingerprint density at radius 3 is 2.78 bits per heavy atom. The first kappa shape index (κ1) is 12.8. The highest BCUT2D eigenvalue weighted by molar-refractivity contribution is 5.77. The molecule has 0 aliphatic heterocycles. The van der Waals surface area contributed by atoms with E-state index in [9.17, 15) is 13.6 Å². The quantitative estimate of drug-likeness (QED) is 0.876. The fraction of sp³-hybridized carbons (Fsp3) is 0.462. The molecule has 1 atom stereocenters. The van der Waals surface area contributed by atoms with E-state index in [1.807, 2.05) is 6.92 Å². The topological polar surface area (TPSA) is 38.3 Å². The van der Waals surface area contributed by atoms with Gasteiger partial charge in [-0.05, 0) is 37.8 Å². The Morgan fingerprint density at radius 2 is 2.17 bits per heavy atom. The number of nitrogens with one attached hydrogen (secondary N) is 1. The maximum Gasteiger partial charge on any atom is 0.258 e. The minimum absolute atomic E-state index is 0.142. The zero-order valence-electron chi connectivity index (χ0n) is 10.1. The van der Waals surface area contributed by atoms with Gasteiger partial charge < -0.3 is 10.1 Å². The molecule has 0 heterocycles. The lowest BCUT2D eigenvalue weighted by molar-refractivity contribution is -0.123. The third-order valence-corrected chi connectivity index (χ3v) is 2.98. The molecule has 1 saturated carbocycles. The molecule has 1 aliphatic rings. The molecule has 3 nitrogen and oxygen atoms in total. The maximum absolute atomic E-state index is 12.9. The molecule has 0 bridgehead atoms. The number of amides is 1. The van der Waals surface area contributed by atoms with Crippen LogP contribution in [0.4, 0.5) is 8.78 Å². The SMILES string of the molecule is CC(NC(=O)COc1ccc(F)c(F)c1)C1CC1. The van der Waals surface area contributed by atoms with Crippen LogP contribution >= 0.6 is 0 Å².